The topological polar surface area (TPSA) is 69.7 Å². The SMILES string of the molecule is CC(=O)O[C@@H]1CC[C@]2(C)[C@H]3CC[C@]4(C)[C@@H]([C@H](C)CCC(=O)C(C)C)CC[C@H]4[C@@H]3C[C@H](OC(C)=O)[C@@H]2C1. The number of ketones is 1. The molecule has 5 nitrogen and oxygen atoms in total. The molecule has 4 rings (SSSR count). The lowest BCUT2D eigenvalue weighted by Crippen LogP contribution is -2.59. The van der Waals surface area contributed by atoms with Gasteiger partial charge in [0.15, 0.2) is 0 Å². The molecular formula is C31H50O5. The summed E-state index contributed by atoms with van der Waals surface area (Å²) < 4.78 is 11.7. The number of rotatable bonds is 7. The van der Waals surface area contributed by atoms with Crippen LogP contribution in [0.1, 0.15) is 113 Å². The number of fused-ring (bicyclic) bond motifs is 5. The second kappa shape index (κ2) is 10.4. The molecule has 36 heavy (non-hydrogen) atoms. The number of ether oxygens (including phenoxy) is 2. The van der Waals surface area contributed by atoms with E-state index in [2.05, 4.69) is 20.8 Å². The summed E-state index contributed by atoms with van der Waals surface area (Å²) in [5.41, 5.74) is 0.425. The van der Waals surface area contributed by atoms with Gasteiger partial charge >= 0.3 is 11.9 Å². The van der Waals surface area contributed by atoms with Gasteiger partial charge in [-0.05, 0) is 98.2 Å². The summed E-state index contributed by atoms with van der Waals surface area (Å²) >= 11 is 0. The van der Waals surface area contributed by atoms with Crippen LogP contribution in [0.5, 0.6) is 0 Å². The number of esters is 2. The van der Waals surface area contributed by atoms with Crippen molar-refractivity contribution in [3.8, 4) is 0 Å². The molecule has 0 N–H and O–H groups in total. The highest BCUT2D eigenvalue weighted by Gasteiger charge is 2.63. The Labute approximate surface area is 218 Å². The standard InChI is InChI=1S/C31H50O5/c1-18(2)28(34)11-8-19(3)24-9-10-25-23-17-29(36-21(5)33)27-16-22(35-20(4)32)12-14-31(27,7)26(23)13-15-30(24,25)6/h18-19,22-27,29H,8-17H2,1-7H3/t19-,22-,23+,24-,25+,26+,27+,29+,30-,31-/m1/s1. The van der Waals surface area contributed by atoms with Crippen LogP contribution in [0.15, 0.2) is 0 Å². The van der Waals surface area contributed by atoms with E-state index in [-0.39, 0.29) is 41.4 Å². The fraction of sp³-hybridized carbons (Fsp3) is 0.903. The molecule has 4 saturated carbocycles. The lowest BCUT2D eigenvalue weighted by Gasteiger charge is -2.62. The van der Waals surface area contributed by atoms with E-state index in [9.17, 15) is 14.4 Å². The number of Topliss-reactive ketones (excluding diaryl/α,β-unsaturated/α-hetero) is 1. The van der Waals surface area contributed by atoms with Crippen molar-refractivity contribution in [2.45, 2.75) is 125 Å². The lowest BCUT2D eigenvalue weighted by atomic mass is 9.43. The van der Waals surface area contributed by atoms with Crippen molar-refractivity contribution >= 4 is 17.7 Å². The van der Waals surface area contributed by atoms with Crippen molar-refractivity contribution in [2.24, 2.45) is 52.3 Å². The van der Waals surface area contributed by atoms with Crippen molar-refractivity contribution in [1.29, 1.82) is 0 Å². The average molecular weight is 503 g/mol. The molecule has 0 radical (unpaired) electrons. The zero-order valence-corrected chi connectivity index (χ0v) is 23.8. The van der Waals surface area contributed by atoms with Crippen LogP contribution in [0.4, 0.5) is 0 Å². The Bertz CT molecular complexity index is 850. The molecule has 0 aromatic heterocycles. The highest BCUT2D eigenvalue weighted by molar-refractivity contribution is 5.80. The summed E-state index contributed by atoms with van der Waals surface area (Å²) in [7, 11) is 0. The largest absolute Gasteiger partial charge is 0.463 e. The minimum atomic E-state index is -0.212. The first-order valence-corrected chi connectivity index (χ1v) is 14.7. The predicted molar refractivity (Wildman–Crippen MR) is 140 cm³/mol. The summed E-state index contributed by atoms with van der Waals surface area (Å²) in [5.74, 6) is 3.48. The van der Waals surface area contributed by atoms with Gasteiger partial charge in [0, 0.05) is 32.1 Å². The second-order valence-electron chi connectivity index (χ2n) is 13.7. The van der Waals surface area contributed by atoms with Crippen LogP contribution in [0.2, 0.25) is 0 Å². The Morgan fingerprint density at radius 3 is 2.08 bits per heavy atom. The van der Waals surface area contributed by atoms with E-state index in [0.29, 0.717) is 47.2 Å². The van der Waals surface area contributed by atoms with Crippen LogP contribution in [-0.2, 0) is 23.9 Å². The van der Waals surface area contributed by atoms with E-state index < -0.39 is 0 Å². The zero-order valence-electron chi connectivity index (χ0n) is 23.8. The Morgan fingerprint density at radius 2 is 1.44 bits per heavy atom. The summed E-state index contributed by atoms with van der Waals surface area (Å²) in [4.78, 5) is 36.2. The van der Waals surface area contributed by atoms with Gasteiger partial charge in [-0.25, -0.2) is 0 Å². The molecule has 0 heterocycles. The van der Waals surface area contributed by atoms with Gasteiger partial charge in [-0.15, -0.1) is 0 Å². The highest BCUT2D eigenvalue weighted by Crippen LogP contribution is 2.68. The van der Waals surface area contributed by atoms with Crippen LogP contribution in [0, 0.1) is 52.3 Å². The average Bonchev–Trinajstić information content (AvgIpc) is 3.14. The normalized spacial score (nSPS) is 42.6. The van der Waals surface area contributed by atoms with E-state index in [4.69, 9.17) is 9.47 Å². The van der Waals surface area contributed by atoms with E-state index in [1.165, 1.54) is 39.5 Å². The number of hydrogen-bond donors (Lipinski definition) is 0. The van der Waals surface area contributed by atoms with Crippen LogP contribution in [-0.4, -0.2) is 29.9 Å². The number of carbonyl (C=O) groups excluding carboxylic acids is 3. The summed E-state index contributed by atoms with van der Waals surface area (Å²) in [6.07, 6.45) is 10.3. The molecule has 0 aliphatic heterocycles. The third-order valence-electron chi connectivity index (χ3n) is 11.5. The van der Waals surface area contributed by atoms with E-state index in [1.807, 2.05) is 13.8 Å². The molecule has 4 fully saturated rings. The van der Waals surface area contributed by atoms with Crippen LogP contribution < -0.4 is 0 Å². The van der Waals surface area contributed by atoms with E-state index in [1.54, 1.807) is 0 Å². The van der Waals surface area contributed by atoms with Crippen molar-refractivity contribution < 1.29 is 23.9 Å². The first-order valence-electron chi connectivity index (χ1n) is 14.7. The fourth-order valence-corrected chi connectivity index (χ4v) is 9.75. The highest BCUT2D eigenvalue weighted by atomic mass is 16.5. The molecule has 5 heteroatoms. The predicted octanol–water partition coefficient (Wildman–Crippen LogP) is 6.76. The molecule has 0 spiro atoms. The molecule has 4 aliphatic rings. The van der Waals surface area contributed by atoms with Crippen molar-refractivity contribution in [3.05, 3.63) is 0 Å². The molecule has 10 atom stereocenters. The fourth-order valence-electron chi connectivity index (χ4n) is 9.75. The van der Waals surface area contributed by atoms with Gasteiger partial charge in [-0.1, -0.05) is 34.6 Å². The zero-order chi connectivity index (χ0) is 26.4. The van der Waals surface area contributed by atoms with Crippen molar-refractivity contribution in [1.82, 2.24) is 0 Å². The van der Waals surface area contributed by atoms with Gasteiger partial charge in [0.25, 0.3) is 0 Å². The third kappa shape index (κ3) is 5.01. The van der Waals surface area contributed by atoms with E-state index >= 15 is 0 Å². The smallest absolute Gasteiger partial charge is 0.302 e. The maximum atomic E-state index is 12.3. The molecule has 0 aromatic rings. The van der Waals surface area contributed by atoms with Gasteiger partial charge in [0.05, 0.1) is 0 Å². The van der Waals surface area contributed by atoms with Crippen LogP contribution in [0.3, 0.4) is 0 Å². The molecule has 0 unspecified atom stereocenters. The van der Waals surface area contributed by atoms with Gasteiger partial charge < -0.3 is 9.47 Å². The summed E-state index contributed by atoms with van der Waals surface area (Å²) in [6.45, 7) is 14.4. The number of carbonyl (C=O) groups is 3. The molecule has 4 aliphatic carbocycles. The van der Waals surface area contributed by atoms with Gasteiger partial charge in [0.1, 0.15) is 18.0 Å². The third-order valence-corrected chi connectivity index (χ3v) is 11.5. The minimum absolute atomic E-state index is 0.0608. The molecule has 0 saturated heterocycles. The quantitative estimate of drug-likeness (QED) is 0.360. The molecule has 204 valence electrons. The Kier molecular flexibility index (Phi) is 7.99. The van der Waals surface area contributed by atoms with E-state index in [0.717, 1.165) is 32.1 Å². The van der Waals surface area contributed by atoms with Gasteiger partial charge in [-0.2, -0.15) is 0 Å². The first kappa shape index (κ1) is 27.6. The monoisotopic (exact) mass is 502 g/mol. The van der Waals surface area contributed by atoms with Crippen LogP contribution >= 0.6 is 0 Å². The molecular weight excluding hydrogens is 452 g/mol. The lowest BCUT2D eigenvalue weighted by molar-refractivity contribution is -0.197. The molecule has 0 amide bonds. The Morgan fingerprint density at radius 1 is 0.806 bits per heavy atom. The maximum Gasteiger partial charge on any atom is 0.302 e. The van der Waals surface area contributed by atoms with Crippen molar-refractivity contribution in [2.75, 3.05) is 0 Å². The maximum absolute atomic E-state index is 12.3. The second-order valence-corrected chi connectivity index (χ2v) is 13.7. The van der Waals surface area contributed by atoms with Gasteiger partial charge in [-0.3, -0.25) is 14.4 Å². The first-order chi connectivity index (χ1) is 16.9. The Hall–Kier alpha value is -1.39. The minimum Gasteiger partial charge on any atom is -0.463 e. The van der Waals surface area contributed by atoms with Crippen molar-refractivity contribution in [3.63, 3.8) is 0 Å². The molecule has 0 bridgehead atoms. The number of hydrogen-bond acceptors (Lipinski definition) is 5. The Balaban J connectivity index is 1.54. The molecule has 0 aromatic carbocycles. The van der Waals surface area contributed by atoms with Gasteiger partial charge in [0.2, 0.25) is 0 Å². The summed E-state index contributed by atoms with van der Waals surface area (Å²) in [5, 5.41) is 0. The summed E-state index contributed by atoms with van der Waals surface area (Å²) in [6, 6.07) is 0. The van der Waals surface area contributed by atoms with Crippen LogP contribution in [0.25, 0.3) is 0 Å².